The number of piperidine rings is 1. The van der Waals surface area contributed by atoms with E-state index in [0.29, 0.717) is 5.92 Å². The van der Waals surface area contributed by atoms with E-state index in [9.17, 15) is 0 Å². The molecule has 1 fully saturated rings. The van der Waals surface area contributed by atoms with Crippen LogP contribution in [0.4, 0.5) is 0 Å². The average Bonchev–Trinajstić information content (AvgIpc) is 2.13. The van der Waals surface area contributed by atoms with E-state index in [-0.39, 0.29) is 0 Å². The maximum atomic E-state index is 5.40. The van der Waals surface area contributed by atoms with E-state index in [4.69, 9.17) is 12.2 Å². The lowest BCUT2D eigenvalue weighted by molar-refractivity contribution is 0.279. The predicted molar refractivity (Wildman–Crippen MR) is 62.0 cm³/mol. The van der Waals surface area contributed by atoms with Crippen LogP contribution in [0.15, 0.2) is 0 Å². The van der Waals surface area contributed by atoms with Crippen LogP contribution in [0.5, 0.6) is 0 Å². The zero-order valence-electron chi connectivity index (χ0n) is 9.05. The Morgan fingerprint density at radius 1 is 1.54 bits per heavy atom. The predicted octanol–water partition coefficient (Wildman–Crippen LogP) is 3.09. The van der Waals surface area contributed by atoms with Crippen molar-refractivity contribution in [1.82, 2.24) is 4.90 Å². The van der Waals surface area contributed by atoms with Crippen LogP contribution in [0.25, 0.3) is 0 Å². The largest absolute Gasteiger partial charge is 0.369 e. The third-order valence-electron chi connectivity index (χ3n) is 3.24. The fraction of sp³-hybridized carbons (Fsp3) is 0.909. The van der Waals surface area contributed by atoms with Gasteiger partial charge in [0, 0.05) is 19.5 Å². The van der Waals surface area contributed by atoms with Gasteiger partial charge in [0.15, 0.2) is 0 Å². The van der Waals surface area contributed by atoms with Gasteiger partial charge < -0.3 is 4.90 Å². The molecule has 76 valence electrons. The van der Waals surface area contributed by atoms with Crippen molar-refractivity contribution in [1.29, 1.82) is 0 Å². The van der Waals surface area contributed by atoms with Crippen molar-refractivity contribution in [2.45, 2.75) is 39.5 Å². The molecule has 0 bridgehead atoms. The van der Waals surface area contributed by atoms with Crippen molar-refractivity contribution in [3.63, 3.8) is 0 Å². The molecule has 1 rings (SSSR count). The highest BCUT2D eigenvalue weighted by atomic mass is 32.1. The summed E-state index contributed by atoms with van der Waals surface area (Å²) in [6.45, 7) is 5.72. The van der Waals surface area contributed by atoms with E-state index >= 15 is 0 Å². The summed E-state index contributed by atoms with van der Waals surface area (Å²) in [6, 6.07) is 0. The zero-order chi connectivity index (χ0) is 9.84. The van der Waals surface area contributed by atoms with Gasteiger partial charge in [-0.2, -0.15) is 0 Å². The molecular weight excluding hydrogens is 178 g/mol. The molecule has 1 saturated heterocycles. The standard InChI is InChI=1S/C11H21NS/c1-4-5-6-10-7-8-12(3)11(13)9(10)2/h9-10H,4-8H2,1-3H3. The summed E-state index contributed by atoms with van der Waals surface area (Å²) in [4.78, 5) is 3.41. The monoisotopic (exact) mass is 199 g/mol. The molecule has 0 aromatic carbocycles. The van der Waals surface area contributed by atoms with Gasteiger partial charge in [0.25, 0.3) is 0 Å². The van der Waals surface area contributed by atoms with Gasteiger partial charge in [-0.05, 0) is 18.8 Å². The summed E-state index contributed by atoms with van der Waals surface area (Å²) in [7, 11) is 2.12. The molecule has 0 aliphatic carbocycles. The Hall–Kier alpha value is -0.110. The highest BCUT2D eigenvalue weighted by Gasteiger charge is 2.27. The molecule has 13 heavy (non-hydrogen) atoms. The normalized spacial score (nSPS) is 29.5. The molecule has 0 saturated carbocycles. The molecule has 0 radical (unpaired) electrons. The van der Waals surface area contributed by atoms with E-state index in [0.717, 1.165) is 12.5 Å². The number of hydrogen-bond donors (Lipinski definition) is 0. The molecule has 2 unspecified atom stereocenters. The Kier molecular flexibility index (Phi) is 4.17. The summed E-state index contributed by atoms with van der Waals surface area (Å²) < 4.78 is 0. The minimum absolute atomic E-state index is 0.625. The molecule has 1 aliphatic heterocycles. The fourth-order valence-corrected chi connectivity index (χ4v) is 2.41. The fourth-order valence-electron chi connectivity index (χ4n) is 2.13. The third-order valence-corrected chi connectivity index (χ3v) is 3.92. The first-order chi connectivity index (χ1) is 6.16. The van der Waals surface area contributed by atoms with Crippen LogP contribution in [0.3, 0.4) is 0 Å². The van der Waals surface area contributed by atoms with Crippen molar-refractivity contribution in [2.75, 3.05) is 13.6 Å². The van der Waals surface area contributed by atoms with Gasteiger partial charge in [0.1, 0.15) is 0 Å². The van der Waals surface area contributed by atoms with Crippen molar-refractivity contribution in [3.05, 3.63) is 0 Å². The van der Waals surface area contributed by atoms with Crippen LogP contribution < -0.4 is 0 Å². The van der Waals surface area contributed by atoms with Crippen molar-refractivity contribution < 1.29 is 0 Å². The topological polar surface area (TPSA) is 3.24 Å². The summed E-state index contributed by atoms with van der Waals surface area (Å²) >= 11 is 5.40. The molecule has 1 aliphatic rings. The van der Waals surface area contributed by atoms with Crippen molar-refractivity contribution in [2.24, 2.45) is 11.8 Å². The van der Waals surface area contributed by atoms with Crippen LogP contribution in [0, 0.1) is 11.8 Å². The maximum absolute atomic E-state index is 5.40. The Labute approximate surface area is 87.5 Å². The highest BCUT2D eigenvalue weighted by molar-refractivity contribution is 7.80. The molecule has 1 nitrogen and oxygen atoms in total. The van der Waals surface area contributed by atoms with Crippen molar-refractivity contribution >= 4 is 17.2 Å². The number of unbranched alkanes of at least 4 members (excludes halogenated alkanes) is 1. The first-order valence-electron chi connectivity index (χ1n) is 5.41. The summed E-state index contributed by atoms with van der Waals surface area (Å²) in [5.74, 6) is 1.48. The number of nitrogens with zero attached hydrogens (tertiary/aromatic N) is 1. The smallest absolute Gasteiger partial charge is 0.0808 e. The maximum Gasteiger partial charge on any atom is 0.0808 e. The lowest BCUT2D eigenvalue weighted by Gasteiger charge is -2.36. The van der Waals surface area contributed by atoms with Gasteiger partial charge in [0.2, 0.25) is 0 Å². The number of likely N-dealkylation sites (tertiary alicyclic amines) is 1. The second-order valence-corrected chi connectivity index (χ2v) is 4.66. The van der Waals surface area contributed by atoms with Gasteiger partial charge in [-0.1, -0.05) is 38.9 Å². The first-order valence-corrected chi connectivity index (χ1v) is 5.82. The van der Waals surface area contributed by atoms with E-state index in [1.807, 2.05) is 0 Å². The van der Waals surface area contributed by atoms with Gasteiger partial charge in [-0.25, -0.2) is 0 Å². The SMILES string of the molecule is CCCCC1CCN(C)C(=S)C1C. The van der Waals surface area contributed by atoms with Gasteiger partial charge >= 0.3 is 0 Å². The Bertz CT molecular complexity index is 177. The lowest BCUT2D eigenvalue weighted by atomic mass is 9.83. The van der Waals surface area contributed by atoms with Crippen LogP contribution in [0.1, 0.15) is 39.5 Å². The molecule has 0 aromatic heterocycles. The number of hydrogen-bond acceptors (Lipinski definition) is 1. The van der Waals surface area contributed by atoms with Crippen LogP contribution >= 0.6 is 12.2 Å². The van der Waals surface area contributed by atoms with E-state index in [1.165, 1.54) is 30.7 Å². The summed E-state index contributed by atoms with van der Waals surface area (Å²) in [5.41, 5.74) is 0. The number of rotatable bonds is 3. The van der Waals surface area contributed by atoms with E-state index < -0.39 is 0 Å². The molecule has 2 heteroatoms. The first kappa shape index (κ1) is 11.0. The third kappa shape index (κ3) is 2.67. The molecule has 0 N–H and O–H groups in total. The molecule has 1 heterocycles. The summed E-state index contributed by atoms with van der Waals surface area (Å²) in [6.07, 6.45) is 5.37. The molecule has 0 amide bonds. The lowest BCUT2D eigenvalue weighted by Crippen LogP contribution is -2.40. The average molecular weight is 199 g/mol. The van der Waals surface area contributed by atoms with E-state index in [1.54, 1.807) is 0 Å². The molecule has 0 spiro atoms. The number of thiocarbonyl (C=S) groups is 1. The van der Waals surface area contributed by atoms with Crippen molar-refractivity contribution in [3.8, 4) is 0 Å². The Morgan fingerprint density at radius 3 is 2.85 bits per heavy atom. The quantitative estimate of drug-likeness (QED) is 0.643. The van der Waals surface area contributed by atoms with Crippen LogP contribution in [0.2, 0.25) is 0 Å². The van der Waals surface area contributed by atoms with Gasteiger partial charge in [-0.15, -0.1) is 0 Å². The van der Waals surface area contributed by atoms with Gasteiger partial charge in [0.05, 0.1) is 4.99 Å². The molecule has 2 atom stereocenters. The highest BCUT2D eigenvalue weighted by Crippen LogP contribution is 2.28. The minimum atomic E-state index is 0.625. The second kappa shape index (κ2) is 4.94. The van der Waals surface area contributed by atoms with Crippen LogP contribution in [-0.2, 0) is 0 Å². The van der Waals surface area contributed by atoms with Crippen LogP contribution in [-0.4, -0.2) is 23.5 Å². The minimum Gasteiger partial charge on any atom is -0.369 e. The molecular formula is C11H21NS. The summed E-state index contributed by atoms with van der Waals surface area (Å²) in [5, 5.41) is 0. The molecule has 0 aromatic rings. The van der Waals surface area contributed by atoms with E-state index in [2.05, 4.69) is 25.8 Å². The van der Waals surface area contributed by atoms with Gasteiger partial charge in [-0.3, -0.25) is 0 Å². The zero-order valence-corrected chi connectivity index (χ0v) is 9.86. The second-order valence-electron chi connectivity index (χ2n) is 4.24. The Morgan fingerprint density at radius 2 is 2.23 bits per heavy atom. The Balaban J connectivity index is 2.44.